The lowest BCUT2D eigenvalue weighted by Crippen LogP contribution is -2.71. The van der Waals surface area contributed by atoms with Gasteiger partial charge >= 0.3 is 0 Å². The normalized spacial score (nSPS) is 27.5. The van der Waals surface area contributed by atoms with Gasteiger partial charge in [0.05, 0.1) is 21.0 Å². The molecule has 0 amide bonds. The Morgan fingerprint density at radius 1 is 1.09 bits per heavy atom. The average molecular weight is 496 g/mol. The van der Waals surface area contributed by atoms with Gasteiger partial charge in [-0.25, -0.2) is 15.0 Å². The number of ether oxygens (including phenoxy) is 1. The van der Waals surface area contributed by atoms with E-state index in [1.165, 1.54) is 6.33 Å². The zero-order valence-electron chi connectivity index (χ0n) is 21.7. The highest BCUT2D eigenvalue weighted by molar-refractivity contribution is 6.83. The van der Waals surface area contributed by atoms with Gasteiger partial charge in [0.2, 0.25) is 0 Å². The summed E-state index contributed by atoms with van der Waals surface area (Å²) < 4.78 is 15.2. The number of hydrogen-bond donors (Lipinski definition) is 3. The molecule has 33 heavy (non-hydrogen) atoms. The van der Waals surface area contributed by atoms with Crippen molar-refractivity contribution in [1.82, 2.24) is 19.5 Å². The van der Waals surface area contributed by atoms with Crippen LogP contribution in [-0.4, -0.2) is 70.2 Å². The van der Waals surface area contributed by atoms with E-state index in [1.54, 1.807) is 10.9 Å². The van der Waals surface area contributed by atoms with Crippen molar-refractivity contribution in [3.8, 4) is 0 Å². The summed E-state index contributed by atoms with van der Waals surface area (Å²) in [6.07, 6.45) is 0.737. The van der Waals surface area contributed by atoms with E-state index >= 15 is 0 Å². The molecular weight excluding hydrogens is 454 g/mol. The third-order valence-electron chi connectivity index (χ3n) is 8.42. The van der Waals surface area contributed by atoms with Crippen LogP contribution in [0, 0.1) is 0 Å². The maximum Gasteiger partial charge on any atom is 0.192 e. The van der Waals surface area contributed by atoms with Crippen LogP contribution in [0.1, 0.15) is 47.8 Å². The number of aliphatic hydroxyl groups is 2. The topological polar surface area (TPSA) is 129 Å². The quantitative estimate of drug-likeness (QED) is 0.538. The Kier molecular flexibility index (Phi) is 6.43. The standard InChI is InChI=1S/C22H41N5O4Si2/c1-20(2,3)32(7,8)22(29)14(11-28)30-19(16(22)31-33(9,10)21(4,5)6)27-13-26-15-17(23)24-12-25-18(15)27/h12-14,16,19,28-29H,11H2,1-10H3,(H2,23,24,25)/t14-,16+,19-,22+/m1/s1. The van der Waals surface area contributed by atoms with Gasteiger partial charge in [-0.05, 0) is 23.2 Å². The van der Waals surface area contributed by atoms with Gasteiger partial charge in [-0.15, -0.1) is 0 Å². The molecule has 1 saturated heterocycles. The van der Waals surface area contributed by atoms with Crippen LogP contribution in [0.5, 0.6) is 0 Å². The molecule has 0 bridgehead atoms. The number of fused-ring (bicyclic) bond motifs is 1. The number of anilines is 1. The van der Waals surface area contributed by atoms with Gasteiger partial charge < -0.3 is 25.1 Å². The molecule has 0 spiro atoms. The molecule has 0 saturated carbocycles. The number of aliphatic hydroxyl groups excluding tert-OH is 1. The summed E-state index contributed by atoms with van der Waals surface area (Å²) >= 11 is 0. The van der Waals surface area contributed by atoms with Gasteiger partial charge in [0.1, 0.15) is 29.3 Å². The van der Waals surface area contributed by atoms with Crippen molar-refractivity contribution >= 4 is 33.4 Å². The SMILES string of the molecule is CC(C)(C)[Si](C)(C)O[C@H]1[C@H](n2cnc3c(N)ncnc32)O[C@H](CO)[C@]1(O)[Si](C)(C)C(C)(C)C. The third kappa shape index (κ3) is 3.96. The maximum absolute atomic E-state index is 12.6. The fourth-order valence-electron chi connectivity index (χ4n) is 4.19. The molecule has 0 unspecified atom stereocenters. The van der Waals surface area contributed by atoms with Crippen LogP contribution in [0.2, 0.25) is 36.3 Å². The largest absolute Gasteiger partial charge is 0.407 e. The van der Waals surface area contributed by atoms with Crippen molar-refractivity contribution in [2.75, 3.05) is 12.3 Å². The molecule has 9 nitrogen and oxygen atoms in total. The molecule has 2 aromatic rings. The summed E-state index contributed by atoms with van der Waals surface area (Å²) in [7, 11) is -4.92. The van der Waals surface area contributed by atoms with Gasteiger partial charge in [-0.1, -0.05) is 54.6 Å². The second-order valence-corrected chi connectivity index (χ2v) is 22.6. The molecule has 1 fully saturated rings. The van der Waals surface area contributed by atoms with E-state index in [2.05, 4.69) is 82.7 Å². The Labute approximate surface area is 198 Å². The number of nitrogens with zero attached hydrogens (tertiary/aromatic N) is 4. The van der Waals surface area contributed by atoms with Crippen molar-refractivity contribution in [2.45, 2.75) is 101 Å². The Morgan fingerprint density at radius 2 is 1.70 bits per heavy atom. The summed E-state index contributed by atoms with van der Waals surface area (Å²) in [5.74, 6) is 0.275. The second-order valence-electron chi connectivity index (χ2n) is 12.3. The number of rotatable bonds is 5. The minimum Gasteiger partial charge on any atom is -0.407 e. The molecule has 186 valence electrons. The lowest BCUT2D eigenvalue weighted by atomic mass is 10.1. The fourth-order valence-corrected chi connectivity index (χ4v) is 8.68. The molecule has 1 aliphatic rings. The molecule has 0 aliphatic carbocycles. The van der Waals surface area contributed by atoms with Crippen molar-refractivity contribution in [2.24, 2.45) is 0 Å². The summed E-state index contributed by atoms with van der Waals surface area (Å²) in [5.41, 5.74) is 7.00. The van der Waals surface area contributed by atoms with E-state index in [1.807, 2.05) is 0 Å². The highest BCUT2D eigenvalue weighted by Crippen LogP contribution is 2.54. The predicted octanol–water partition coefficient (Wildman–Crippen LogP) is 3.47. The first kappa shape index (κ1) is 26.2. The van der Waals surface area contributed by atoms with Crippen molar-refractivity contribution in [3.05, 3.63) is 12.7 Å². The number of hydrogen-bond acceptors (Lipinski definition) is 8. The Hall–Kier alpha value is -1.38. The smallest absolute Gasteiger partial charge is 0.192 e. The van der Waals surface area contributed by atoms with Crippen molar-refractivity contribution < 1.29 is 19.4 Å². The zero-order chi connectivity index (χ0) is 25.2. The minimum atomic E-state index is -2.56. The molecule has 3 heterocycles. The third-order valence-corrected chi connectivity index (χ3v) is 19.2. The van der Waals surface area contributed by atoms with Gasteiger partial charge in [-0.3, -0.25) is 4.57 Å². The van der Waals surface area contributed by atoms with Crippen LogP contribution in [0.4, 0.5) is 5.82 Å². The molecule has 3 rings (SSSR count). The van der Waals surface area contributed by atoms with E-state index in [0.29, 0.717) is 11.2 Å². The number of nitrogen functional groups attached to an aromatic ring is 1. The van der Waals surface area contributed by atoms with Crippen LogP contribution in [0.25, 0.3) is 11.2 Å². The predicted molar refractivity (Wildman–Crippen MR) is 135 cm³/mol. The van der Waals surface area contributed by atoms with Crippen LogP contribution in [0.3, 0.4) is 0 Å². The summed E-state index contributed by atoms with van der Waals surface area (Å²) in [4.78, 5) is 12.8. The monoisotopic (exact) mass is 495 g/mol. The van der Waals surface area contributed by atoms with Crippen LogP contribution < -0.4 is 5.73 Å². The van der Waals surface area contributed by atoms with Crippen molar-refractivity contribution in [3.63, 3.8) is 0 Å². The van der Waals surface area contributed by atoms with Gasteiger partial charge in [0.15, 0.2) is 26.0 Å². The van der Waals surface area contributed by atoms with E-state index < -0.39 is 40.1 Å². The molecule has 4 N–H and O–H groups in total. The second kappa shape index (κ2) is 8.09. The summed E-state index contributed by atoms with van der Waals surface area (Å²) in [6.45, 7) is 21.2. The van der Waals surface area contributed by atoms with Crippen LogP contribution in [0.15, 0.2) is 12.7 Å². The molecule has 4 atom stereocenters. The van der Waals surface area contributed by atoms with Crippen LogP contribution in [-0.2, 0) is 9.16 Å². The van der Waals surface area contributed by atoms with E-state index in [0.717, 1.165) is 0 Å². The molecular formula is C22H41N5O4Si2. The Bertz CT molecular complexity index is 1010. The Morgan fingerprint density at radius 3 is 2.21 bits per heavy atom. The lowest BCUT2D eigenvalue weighted by Gasteiger charge is -2.53. The zero-order valence-corrected chi connectivity index (χ0v) is 23.7. The van der Waals surface area contributed by atoms with E-state index in [4.69, 9.17) is 14.9 Å². The van der Waals surface area contributed by atoms with Gasteiger partial charge in [0.25, 0.3) is 0 Å². The average Bonchev–Trinajstić information content (AvgIpc) is 3.21. The van der Waals surface area contributed by atoms with Crippen LogP contribution >= 0.6 is 0 Å². The van der Waals surface area contributed by atoms with Gasteiger partial charge in [0, 0.05) is 0 Å². The molecule has 1 aliphatic heterocycles. The first-order valence-electron chi connectivity index (χ1n) is 11.5. The maximum atomic E-state index is 12.6. The summed E-state index contributed by atoms with van der Waals surface area (Å²) in [6, 6.07) is 0. The molecule has 0 radical (unpaired) electrons. The van der Waals surface area contributed by atoms with E-state index in [-0.39, 0.29) is 22.5 Å². The number of imidazole rings is 1. The van der Waals surface area contributed by atoms with Gasteiger partial charge in [-0.2, -0.15) is 0 Å². The number of aromatic nitrogens is 4. The molecule has 2 aromatic heterocycles. The highest BCUT2D eigenvalue weighted by atomic mass is 28.4. The molecule has 0 aromatic carbocycles. The first-order valence-corrected chi connectivity index (χ1v) is 17.4. The fraction of sp³-hybridized carbons (Fsp3) is 0.773. The lowest BCUT2D eigenvalue weighted by molar-refractivity contribution is -0.0576. The van der Waals surface area contributed by atoms with E-state index in [9.17, 15) is 10.2 Å². The summed E-state index contributed by atoms with van der Waals surface area (Å²) in [5, 5.41) is 21.3. The first-order chi connectivity index (χ1) is 14.9. The Balaban J connectivity index is 2.25. The highest BCUT2D eigenvalue weighted by Gasteiger charge is 2.68. The minimum absolute atomic E-state index is 0.0905. The number of nitrogens with two attached hydrogens (primary N) is 1. The molecule has 11 heteroatoms. The van der Waals surface area contributed by atoms with Crippen molar-refractivity contribution in [1.29, 1.82) is 0 Å².